The molecule has 234 valence electrons. The summed E-state index contributed by atoms with van der Waals surface area (Å²) in [6.07, 6.45) is 5.47. The lowest BCUT2D eigenvalue weighted by molar-refractivity contribution is -0.382. The highest BCUT2D eigenvalue weighted by Crippen LogP contribution is 2.34. The molecule has 0 saturated heterocycles. The van der Waals surface area contributed by atoms with E-state index < -0.39 is 28.9 Å². The van der Waals surface area contributed by atoms with Crippen LogP contribution in [0, 0.1) is 10.1 Å². The standard InChI is InChI=1S/C11H12N4O4.C11H13N3O2.C8H8N2/c12-6-1-2-8-9(10(6)15(18)19)5(4-14-8)3-7(13)11(16)17;12-7-1-2-10-8(4-7)6(5-14-10)3-9(13)11(15)16;9-7-1-2-8-6(5-7)3-4-10-8/h1-2,4,7,14H,3,12-13H2,(H,16,17);1-2,4-5,9,14H,3,12-13H2,(H,15,16);1-5,10H,9H2/t7-;9-;/m00./s1. The first-order valence-electron chi connectivity index (χ1n) is 13.5. The minimum absolute atomic E-state index is 0.0143. The van der Waals surface area contributed by atoms with Gasteiger partial charge in [0.15, 0.2) is 0 Å². The average molecular weight is 616 g/mol. The molecule has 2 atom stereocenters. The number of nitrogens with two attached hydrogens (primary N) is 5. The van der Waals surface area contributed by atoms with Crippen LogP contribution >= 0.6 is 0 Å². The zero-order valence-electron chi connectivity index (χ0n) is 23.9. The molecule has 0 fully saturated rings. The molecule has 0 aliphatic heterocycles. The number of carbonyl (C=O) groups is 2. The minimum Gasteiger partial charge on any atom is -0.480 e. The Morgan fingerprint density at radius 3 is 1.96 bits per heavy atom. The van der Waals surface area contributed by atoms with Crippen molar-refractivity contribution >= 4 is 67.4 Å². The van der Waals surface area contributed by atoms with Crippen molar-refractivity contribution in [2.45, 2.75) is 24.9 Å². The number of nitrogen functional groups attached to an aromatic ring is 3. The quantitative estimate of drug-likeness (QED) is 0.0706. The second-order valence-electron chi connectivity index (χ2n) is 10.2. The van der Waals surface area contributed by atoms with Crippen molar-refractivity contribution < 1.29 is 24.7 Å². The summed E-state index contributed by atoms with van der Waals surface area (Å²) in [6.45, 7) is 0. The van der Waals surface area contributed by atoms with Gasteiger partial charge in [-0.15, -0.1) is 0 Å². The van der Waals surface area contributed by atoms with Crippen molar-refractivity contribution in [3.05, 3.63) is 94.4 Å². The molecule has 0 aliphatic carbocycles. The lowest BCUT2D eigenvalue weighted by atomic mass is 10.0. The fourth-order valence-electron chi connectivity index (χ4n) is 4.73. The number of nitrogens with one attached hydrogen (secondary N) is 3. The van der Waals surface area contributed by atoms with Gasteiger partial charge in [0.1, 0.15) is 17.8 Å². The Hall–Kier alpha value is -6.06. The molecule has 6 rings (SSSR count). The Bertz CT molecular complexity index is 1990. The number of fused-ring (bicyclic) bond motifs is 3. The van der Waals surface area contributed by atoms with E-state index in [2.05, 4.69) is 15.0 Å². The van der Waals surface area contributed by atoms with Crippen molar-refractivity contribution in [2.75, 3.05) is 17.2 Å². The summed E-state index contributed by atoms with van der Waals surface area (Å²) in [5, 5.41) is 31.0. The average Bonchev–Trinajstić information content (AvgIpc) is 3.72. The van der Waals surface area contributed by atoms with Crippen LogP contribution < -0.4 is 28.7 Å². The molecular weight excluding hydrogens is 582 g/mol. The predicted molar refractivity (Wildman–Crippen MR) is 173 cm³/mol. The molecule has 0 radical (unpaired) electrons. The van der Waals surface area contributed by atoms with Crippen molar-refractivity contribution in [1.82, 2.24) is 15.0 Å². The van der Waals surface area contributed by atoms with Gasteiger partial charge in [-0.3, -0.25) is 19.7 Å². The monoisotopic (exact) mass is 615 g/mol. The maximum atomic E-state index is 11.1. The first-order valence-corrected chi connectivity index (χ1v) is 13.5. The van der Waals surface area contributed by atoms with Crippen LogP contribution in [0.25, 0.3) is 32.7 Å². The second-order valence-corrected chi connectivity index (χ2v) is 10.2. The number of aliphatic carboxylic acids is 2. The number of nitro groups is 1. The van der Waals surface area contributed by atoms with Crippen LogP contribution in [0.3, 0.4) is 0 Å². The first kappa shape index (κ1) is 31.9. The number of nitrogens with zero attached hydrogens (tertiary/aromatic N) is 1. The highest BCUT2D eigenvalue weighted by atomic mass is 16.6. The number of carboxylic acids is 2. The Morgan fingerprint density at radius 2 is 1.31 bits per heavy atom. The third kappa shape index (κ3) is 7.48. The second kappa shape index (κ2) is 13.5. The van der Waals surface area contributed by atoms with Crippen LogP contribution in [-0.2, 0) is 22.4 Å². The van der Waals surface area contributed by atoms with E-state index in [1.54, 1.807) is 18.3 Å². The molecule has 0 spiro atoms. The van der Waals surface area contributed by atoms with Crippen LogP contribution in [0.1, 0.15) is 11.1 Å². The number of carboxylic acid groups (broad SMARTS) is 2. The maximum Gasteiger partial charge on any atom is 0.320 e. The van der Waals surface area contributed by atoms with E-state index in [0.717, 1.165) is 27.7 Å². The number of nitro benzene ring substituents is 1. The van der Waals surface area contributed by atoms with Crippen molar-refractivity contribution in [3.8, 4) is 0 Å². The van der Waals surface area contributed by atoms with E-state index in [1.807, 2.05) is 42.6 Å². The van der Waals surface area contributed by atoms with E-state index in [-0.39, 0.29) is 17.8 Å². The number of H-pyrrole nitrogens is 3. The zero-order valence-corrected chi connectivity index (χ0v) is 23.9. The molecule has 15 N–H and O–H groups in total. The van der Waals surface area contributed by atoms with Gasteiger partial charge in [-0.05, 0) is 65.7 Å². The Kier molecular flexibility index (Phi) is 9.56. The van der Waals surface area contributed by atoms with Crippen molar-refractivity contribution in [3.63, 3.8) is 0 Å². The van der Waals surface area contributed by atoms with Crippen LogP contribution in [-0.4, -0.2) is 54.1 Å². The van der Waals surface area contributed by atoms with E-state index >= 15 is 0 Å². The van der Waals surface area contributed by atoms with Gasteiger partial charge in [-0.25, -0.2) is 0 Å². The largest absolute Gasteiger partial charge is 0.480 e. The molecule has 3 heterocycles. The number of hydrogen-bond donors (Lipinski definition) is 10. The lowest BCUT2D eigenvalue weighted by Crippen LogP contribution is -2.32. The number of hydrogen-bond acceptors (Lipinski definition) is 9. The maximum absolute atomic E-state index is 11.1. The van der Waals surface area contributed by atoms with E-state index in [0.29, 0.717) is 28.6 Å². The number of aromatic amines is 3. The van der Waals surface area contributed by atoms with Gasteiger partial charge in [-0.2, -0.15) is 0 Å². The Morgan fingerprint density at radius 1 is 0.756 bits per heavy atom. The summed E-state index contributed by atoms with van der Waals surface area (Å²) in [6, 6.07) is 14.3. The summed E-state index contributed by atoms with van der Waals surface area (Å²) in [7, 11) is 0. The van der Waals surface area contributed by atoms with Crippen molar-refractivity contribution in [2.24, 2.45) is 11.5 Å². The van der Waals surface area contributed by atoms with Gasteiger partial charge in [0, 0.05) is 64.6 Å². The zero-order chi connectivity index (χ0) is 32.8. The molecule has 15 nitrogen and oxygen atoms in total. The van der Waals surface area contributed by atoms with Crippen LogP contribution in [0.2, 0.25) is 0 Å². The summed E-state index contributed by atoms with van der Waals surface area (Å²) < 4.78 is 0. The van der Waals surface area contributed by atoms with E-state index in [1.165, 1.54) is 17.6 Å². The smallest absolute Gasteiger partial charge is 0.320 e. The number of benzene rings is 3. The third-order valence-corrected chi connectivity index (χ3v) is 7.00. The van der Waals surface area contributed by atoms with Crippen LogP contribution in [0.15, 0.2) is 73.2 Å². The molecule has 0 bridgehead atoms. The van der Waals surface area contributed by atoms with E-state index in [4.69, 9.17) is 38.9 Å². The Balaban J connectivity index is 0.000000160. The van der Waals surface area contributed by atoms with Crippen LogP contribution in [0.4, 0.5) is 22.7 Å². The fraction of sp³-hybridized carbons (Fsp3) is 0.133. The molecule has 45 heavy (non-hydrogen) atoms. The molecular formula is C30H33N9O6. The molecule has 0 aliphatic rings. The highest BCUT2D eigenvalue weighted by molar-refractivity contribution is 5.97. The Labute approximate surface area is 255 Å². The van der Waals surface area contributed by atoms with Crippen molar-refractivity contribution in [1.29, 1.82) is 0 Å². The van der Waals surface area contributed by atoms with Gasteiger partial charge in [0.25, 0.3) is 0 Å². The molecule has 3 aromatic heterocycles. The van der Waals surface area contributed by atoms with E-state index in [9.17, 15) is 19.7 Å². The molecule has 0 amide bonds. The molecule has 15 heteroatoms. The number of aromatic nitrogens is 3. The van der Waals surface area contributed by atoms with Gasteiger partial charge in [-0.1, -0.05) is 0 Å². The fourth-order valence-corrected chi connectivity index (χ4v) is 4.73. The number of rotatable bonds is 7. The van der Waals surface area contributed by atoms with Gasteiger partial charge >= 0.3 is 17.6 Å². The first-order chi connectivity index (χ1) is 21.3. The minimum atomic E-state index is -1.17. The molecule has 3 aromatic carbocycles. The molecule has 6 aromatic rings. The molecule has 0 unspecified atom stereocenters. The normalized spacial score (nSPS) is 12.1. The third-order valence-electron chi connectivity index (χ3n) is 7.00. The van der Waals surface area contributed by atoms with Crippen LogP contribution in [0.5, 0.6) is 0 Å². The van der Waals surface area contributed by atoms with Gasteiger partial charge in [0.05, 0.1) is 15.8 Å². The molecule has 0 saturated carbocycles. The SMILES string of the molecule is Nc1ccc2[nH]cc(C[C@H](N)C(=O)O)c2c1.Nc1ccc2[nH]cc(C[C@H](N)C(=O)O)c2c1[N+](=O)[O-].Nc1ccc2[nH]ccc2c1. The predicted octanol–water partition coefficient (Wildman–Crippen LogP) is 3.07. The topological polar surface area (TPSA) is 295 Å². The number of anilines is 3. The van der Waals surface area contributed by atoms with Gasteiger partial charge in [0.2, 0.25) is 0 Å². The summed E-state index contributed by atoms with van der Waals surface area (Å²) in [5.41, 5.74) is 33.0. The summed E-state index contributed by atoms with van der Waals surface area (Å²) >= 11 is 0. The van der Waals surface area contributed by atoms with Gasteiger partial charge < -0.3 is 53.8 Å². The lowest BCUT2D eigenvalue weighted by Gasteiger charge is -2.06. The highest BCUT2D eigenvalue weighted by Gasteiger charge is 2.23. The summed E-state index contributed by atoms with van der Waals surface area (Å²) in [5.74, 6) is -2.17. The summed E-state index contributed by atoms with van der Waals surface area (Å²) in [4.78, 5) is 40.9.